The van der Waals surface area contributed by atoms with Gasteiger partial charge in [-0.3, -0.25) is 9.59 Å². The van der Waals surface area contributed by atoms with Crippen LogP contribution in [0.25, 0.3) is 0 Å². The number of anilines is 1. The van der Waals surface area contributed by atoms with Gasteiger partial charge in [0.05, 0.1) is 6.10 Å². The van der Waals surface area contributed by atoms with Crippen molar-refractivity contribution in [1.29, 1.82) is 0 Å². The van der Waals surface area contributed by atoms with Crippen LogP contribution in [0.3, 0.4) is 0 Å². The molecule has 0 saturated heterocycles. The Bertz CT molecular complexity index is 767. The summed E-state index contributed by atoms with van der Waals surface area (Å²) in [6.45, 7) is 9.29. The van der Waals surface area contributed by atoms with Crippen LogP contribution in [0.4, 0.5) is 5.69 Å². The van der Waals surface area contributed by atoms with Gasteiger partial charge in [-0.15, -0.1) is 0 Å². The molecular formula is C22H28N2O3. The topological polar surface area (TPSA) is 58.6 Å². The van der Waals surface area contributed by atoms with Crippen LogP contribution in [-0.2, 0) is 0 Å². The maximum absolute atomic E-state index is 12.5. The van der Waals surface area contributed by atoms with Gasteiger partial charge in [-0.1, -0.05) is 13.0 Å². The second kappa shape index (κ2) is 9.76. The van der Waals surface area contributed by atoms with Crippen LogP contribution in [-0.4, -0.2) is 35.9 Å². The number of amides is 2. The molecule has 1 N–H and O–H groups in total. The van der Waals surface area contributed by atoms with Gasteiger partial charge in [-0.25, -0.2) is 0 Å². The smallest absolute Gasteiger partial charge is 0.255 e. The van der Waals surface area contributed by atoms with E-state index in [9.17, 15) is 9.59 Å². The average Bonchev–Trinajstić information content (AvgIpc) is 2.69. The summed E-state index contributed by atoms with van der Waals surface area (Å²) in [6, 6.07) is 14.1. The van der Waals surface area contributed by atoms with Crippen LogP contribution < -0.4 is 10.1 Å². The molecule has 0 bridgehead atoms. The van der Waals surface area contributed by atoms with Gasteiger partial charge in [0.25, 0.3) is 11.8 Å². The summed E-state index contributed by atoms with van der Waals surface area (Å²) in [5.41, 5.74) is 1.78. The normalized spacial score (nSPS) is 11.6. The minimum atomic E-state index is -0.215. The number of carbonyl (C=O) groups is 2. The first-order valence-electron chi connectivity index (χ1n) is 9.45. The van der Waals surface area contributed by atoms with Gasteiger partial charge >= 0.3 is 0 Å². The van der Waals surface area contributed by atoms with Crippen LogP contribution in [0, 0.1) is 0 Å². The number of nitrogens with zero attached hydrogens (tertiary/aromatic N) is 1. The summed E-state index contributed by atoms with van der Waals surface area (Å²) in [5.74, 6) is 0.456. The molecule has 5 nitrogen and oxygen atoms in total. The number of hydrogen-bond donors (Lipinski definition) is 1. The van der Waals surface area contributed by atoms with Crippen molar-refractivity contribution >= 4 is 17.5 Å². The number of carbonyl (C=O) groups excluding carboxylic acids is 2. The molecule has 0 heterocycles. The first-order chi connectivity index (χ1) is 13.0. The number of rotatable bonds is 8. The Balaban J connectivity index is 2.06. The van der Waals surface area contributed by atoms with Crippen molar-refractivity contribution in [1.82, 2.24) is 4.90 Å². The summed E-state index contributed by atoms with van der Waals surface area (Å²) in [7, 11) is 0. The molecule has 0 aliphatic rings. The van der Waals surface area contributed by atoms with Crippen LogP contribution in [0.1, 0.15) is 54.8 Å². The molecule has 2 aromatic rings. The molecule has 2 amide bonds. The van der Waals surface area contributed by atoms with E-state index in [0.29, 0.717) is 35.7 Å². The fraction of sp³-hybridized carbons (Fsp3) is 0.364. The van der Waals surface area contributed by atoms with E-state index in [0.717, 1.165) is 6.42 Å². The van der Waals surface area contributed by atoms with Gasteiger partial charge in [-0.05, 0) is 69.7 Å². The highest BCUT2D eigenvalue weighted by atomic mass is 16.5. The number of ether oxygens (including phenoxy) is 1. The predicted octanol–water partition coefficient (Wildman–Crippen LogP) is 4.60. The quantitative estimate of drug-likeness (QED) is 0.741. The first-order valence-corrected chi connectivity index (χ1v) is 9.45. The van der Waals surface area contributed by atoms with E-state index >= 15 is 0 Å². The average molecular weight is 368 g/mol. The van der Waals surface area contributed by atoms with Gasteiger partial charge in [0.2, 0.25) is 0 Å². The Morgan fingerprint density at radius 3 is 2.26 bits per heavy atom. The van der Waals surface area contributed by atoms with Crippen molar-refractivity contribution in [2.75, 3.05) is 18.4 Å². The largest absolute Gasteiger partial charge is 0.491 e. The van der Waals surface area contributed by atoms with Crippen LogP contribution in [0.2, 0.25) is 0 Å². The van der Waals surface area contributed by atoms with Gasteiger partial charge in [0.15, 0.2) is 0 Å². The first kappa shape index (κ1) is 20.5. The lowest BCUT2D eigenvalue weighted by Gasteiger charge is -2.18. The Morgan fingerprint density at radius 2 is 1.67 bits per heavy atom. The Labute approximate surface area is 161 Å². The maximum atomic E-state index is 12.5. The molecule has 2 aromatic carbocycles. The molecule has 5 heteroatoms. The van der Waals surface area contributed by atoms with Crippen molar-refractivity contribution in [2.45, 2.75) is 40.2 Å². The van der Waals surface area contributed by atoms with E-state index < -0.39 is 0 Å². The maximum Gasteiger partial charge on any atom is 0.255 e. The predicted molar refractivity (Wildman–Crippen MR) is 108 cm³/mol. The van der Waals surface area contributed by atoms with Crippen molar-refractivity contribution in [3.63, 3.8) is 0 Å². The van der Waals surface area contributed by atoms with E-state index in [1.54, 1.807) is 47.4 Å². The molecule has 0 spiro atoms. The van der Waals surface area contributed by atoms with E-state index in [2.05, 4.69) is 12.2 Å². The molecule has 0 aliphatic heterocycles. The van der Waals surface area contributed by atoms with Gasteiger partial charge in [0, 0.05) is 29.9 Å². The molecule has 0 radical (unpaired) electrons. The molecule has 0 aliphatic carbocycles. The van der Waals surface area contributed by atoms with Gasteiger partial charge < -0.3 is 15.0 Å². The summed E-state index contributed by atoms with van der Waals surface area (Å²) in [4.78, 5) is 26.6. The lowest BCUT2D eigenvalue weighted by atomic mass is 10.1. The monoisotopic (exact) mass is 368 g/mol. The van der Waals surface area contributed by atoms with Crippen molar-refractivity contribution in [3.05, 3.63) is 59.7 Å². The van der Waals surface area contributed by atoms with Crippen LogP contribution in [0.15, 0.2) is 48.5 Å². The van der Waals surface area contributed by atoms with Crippen molar-refractivity contribution in [3.8, 4) is 5.75 Å². The minimum Gasteiger partial charge on any atom is -0.491 e. The molecule has 0 fully saturated rings. The lowest BCUT2D eigenvalue weighted by molar-refractivity contribution is 0.0773. The van der Waals surface area contributed by atoms with Crippen molar-refractivity contribution in [2.24, 2.45) is 0 Å². The third-order valence-corrected chi connectivity index (χ3v) is 4.45. The Kier molecular flexibility index (Phi) is 7.41. The zero-order chi connectivity index (χ0) is 19.8. The summed E-state index contributed by atoms with van der Waals surface area (Å²) < 4.78 is 5.77. The van der Waals surface area contributed by atoms with Crippen LogP contribution >= 0.6 is 0 Å². The fourth-order valence-corrected chi connectivity index (χ4v) is 2.62. The van der Waals surface area contributed by atoms with E-state index in [-0.39, 0.29) is 17.9 Å². The highest BCUT2D eigenvalue weighted by Gasteiger charge is 2.13. The van der Waals surface area contributed by atoms with E-state index in [1.807, 2.05) is 26.8 Å². The minimum absolute atomic E-state index is 0.00669. The fourth-order valence-electron chi connectivity index (χ4n) is 2.62. The number of nitrogens with one attached hydrogen (secondary N) is 1. The zero-order valence-corrected chi connectivity index (χ0v) is 16.5. The molecular weight excluding hydrogens is 340 g/mol. The van der Waals surface area contributed by atoms with E-state index in [1.165, 1.54) is 0 Å². The second-order valence-electron chi connectivity index (χ2n) is 6.37. The SMILES string of the molecule is CCC(C)Oc1cccc(C(=O)Nc2ccc(C(=O)N(CC)CC)cc2)c1. The summed E-state index contributed by atoms with van der Waals surface area (Å²) >= 11 is 0. The highest BCUT2D eigenvalue weighted by Crippen LogP contribution is 2.18. The summed E-state index contributed by atoms with van der Waals surface area (Å²) in [5, 5.41) is 2.86. The molecule has 1 atom stereocenters. The van der Waals surface area contributed by atoms with Gasteiger partial charge in [0.1, 0.15) is 5.75 Å². The van der Waals surface area contributed by atoms with Crippen LogP contribution in [0.5, 0.6) is 5.75 Å². The zero-order valence-electron chi connectivity index (χ0n) is 16.5. The van der Waals surface area contributed by atoms with E-state index in [4.69, 9.17) is 4.74 Å². The second-order valence-corrected chi connectivity index (χ2v) is 6.37. The summed E-state index contributed by atoms with van der Waals surface area (Å²) in [6.07, 6.45) is 0.994. The van der Waals surface area contributed by atoms with Crippen molar-refractivity contribution < 1.29 is 14.3 Å². The Hall–Kier alpha value is -2.82. The van der Waals surface area contributed by atoms with Gasteiger partial charge in [-0.2, -0.15) is 0 Å². The molecule has 0 saturated carbocycles. The Morgan fingerprint density at radius 1 is 1.00 bits per heavy atom. The standard InChI is InChI=1S/C22H28N2O3/c1-5-16(4)27-20-10-8-9-18(15-20)21(25)23-19-13-11-17(12-14-19)22(26)24(6-2)7-3/h8-16H,5-7H2,1-4H3,(H,23,25). The third-order valence-electron chi connectivity index (χ3n) is 4.45. The molecule has 1 unspecified atom stereocenters. The molecule has 27 heavy (non-hydrogen) atoms. The molecule has 144 valence electrons. The number of hydrogen-bond acceptors (Lipinski definition) is 3. The molecule has 2 rings (SSSR count). The number of benzene rings is 2. The third kappa shape index (κ3) is 5.58. The molecule has 0 aromatic heterocycles. The highest BCUT2D eigenvalue weighted by molar-refractivity contribution is 6.04. The lowest BCUT2D eigenvalue weighted by Crippen LogP contribution is -2.30.